The zero-order valence-corrected chi connectivity index (χ0v) is 12.6. The van der Waals surface area contributed by atoms with E-state index in [-0.39, 0.29) is 0 Å². The summed E-state index contributed by atoms with van der Waals surface area (Å²) >= 11 is 0. The van der Waals surface area contributed by atoms with Crippen molar-refractivity contribution in [2.24, 2.45) is 0 Å². The third kappa shape index (κ3) is 2.58. The van der Waals surface area contributed by atoms with Gasteiger partial charge in [-0.25, -0.2) is 4.98 Å². The van der Waals surface area contributed by atoms with Gasteiger partial charge in [0.1, 0.15) is 5.82 Å². The highest BCUT2D eigenvalue weighted by atomic mass is 15.2. The first-order valence-corrected chi connectivity index (χ1v) is 7.96. The van der Waals surface area contributed by atoms with Gasteiger partial charge in [0.05, 0.1) is 5.69 Å². The van der Waals surface area contributed by atoms with Gasteiger partial charge in [0.2, 0.25) is 0 Å². The minimum Gasteiger partial charge on any atom is -0.334 e. The highest BCUT2D eigenvalue weighted by Crippen LogP contribution is 2.32. The van der Waals surface area contributed by atoms with Crippen molar-refractivity contribution >= 4 is 0 Å². The first kappa shape index (κ1) is 13.2. The predicted octanol–water partition coefficient (Wildman–Crippen LogP) is 3.37. The van der Waals surface area contributed by atoms with Gasteiger partial charge in [-0.3, -0.25) is 0 Å². The largest absolute Gasteiger partial charge is 0.334 e. The summed E-state index contributed by atoms with van der Waals surface area (Å²) in [6, 6.07) is 0.691. The van der Waals surface area contributed by atoms with E-state index >= 15 is 0 Å². The van der Waals surface area contributed by atoms with Gasteiger partial charge >= 0.3 is 0 Å². The molecular formula is C16H27N3. The molecule has 0 aliphatic carbocycles. The molecule has 1 atom stereocenters. The molecule has 0 spiro atoms. The van der Waals surface area contributed by atoms with E-state index in [0.29, 0.717) is 17.9 Å². The van der Waals surface area contributed by atoms with Crippen LogP contribution in [-0.4, -0.2) is 33.6 Å². The van der Waals surface area contributed by atoms with Crippen LogP contribution < -0.4 is 0 Å². The van der Waals surface area contributed by atoms with Gasteiger partial charge < -0.3 is 9.47 Å². The van der Waals surface area contributed by atoms with Crippen molar-refractivity contribution in [1.82, 2.24) is 14.5 Å². The second-order valence-corrected chi connectivity index (χ2v) is 6.66. The fraction of sp³-hybridized carbons (Fsp3) is 0.812. The summed E-state index contributed by atoms with van der Waals surface area (Å²) in [5.74, 6) is 2.69. The smallest absolute Gasteiger partial charge is 0.111 e. The lowest BCUT2D eigenvalue weighted by molar-refractivity contribution is 0.171. The highest BCUT2D eigenvalue weighted by Gasteiger charge is 2.26. The fourth-order valence-electron chi connectivity index (χ4n) is 3.63. The predicted molar refractivity (Wildman–Crippen MR) is 78.6 cm³/mol. The highest BCUT2D eigenvalue weighted by molar-refractivity contribution is 5.14. The van der Waals surface area contributed by atoms with Crippen molar-refractivity contribution in [3.63, 3.8) is 0 Å². The number of piperidine rings is 1. The molecule has 1 unspecified atom stereocenters. The van der Waals surface area contributed by atoms with Crippen molar-refractivity contribution in [1.29, 1.82) is 0 Å². The minimum absolute atomic E-state index is 0.651. The van der Waals surface area contributed by atoms with Crippen LogP contribution in [0.25, 0.3) is 0 Å². The monoisotopic (exact) mass is 261 g/mol. The Morgan fingerprint density at radius 3 is 2.53 bits per heavy atom. The van der Waals surface area contributed by atoms with Gasteiger partial charge in [-0.05, 0) is 52.6 Å². The van der Waals surface area contributed by atoms with Crippen molar-refractivity contribution in [2.45, 2.75) is 70.9 Å². The van der Waals surface area contributed by atoms with Gasteiger partial charge in [-0.2, -0.15) is 0 Å². The molecule has 1 fully saturated rings. The van der Waals surface area contributed by atoms with E-state index < -0.39 is 0 Å². The molecule has 2 aliphatic rings. The summed E-state index contributed by atoms with van der Waals surface area (Å²) in [6.45, 7) is 10.6. The molecule has 0 saturated carbocycles. The van der Waals surface area contributed by atoms with Crippen molar-refractivity contribution in [3.05, 3.63) is 17.7 Å². The maximum atomic E-state index is 4.97. The van der Waals surface area contributed by atoms with Crippen LogP contribution in [0.5, 0.6) is 0 Å². The molecule has 0 amide bonds. The third-order valence-electron chi connectivity index (χ3n) is 4.98. The molecule has 0 N–H and O–H groups in total. The first-order chi connectivity index (χ1) is 9.15. The Balaban J connectivity index is 1.70. The van der Waals surface area contributed by atoms with Crippen LogP contribution in [0.3, 0.4) is 0 Å². The summed E-state index contributed by atoms with van der Waals surface area (Å²) in [6.07, 6.45) is 7.53. The number of aromatic nitrogens is 2. The Hall–Kier alpha value is -0.830. The number of fused-ring (bicyclic) bond motifs is 1. The molecule has 3 heterocycles. The quantitative estimate of drug-likeness (QED) is 0.814. The molecule has 19 heavy (non-hydrogen) atoms. The second-order valence-electron chi connectivity index (χ2n) is 6.66. The molecule has 1 aromatic rings. The topological polar surface area (TPSA) is 21.1 Å². The van der Waals surface area contributed by atoms with E-state index in [1.165, 1.54) is 56.8 Å². The zero-order chi connectivity index (χ0) is 13.4. The molecule has 0 radical (unpaired) electrons. The maximum absolute atomic E-state index is 4.97. The molecule has 3 rings (SSSR count). The van der Waals surface area contributed by atoms with Crippen LogP contribution in [0.2, 0.25) is 0 Å². The van der Waals surface area contributed by atoms with E-state index in [2.05, 4.69) is 36.4 Å². The molecule has 1 aromatic heterocycles. The standard InChI is InChI=1S/C16H27N3/c1-12(2)18-9-6-14(7-10-18)15-11-19-8-4-5-13(3)16(19)17-15/h11-14H,4-10H2,1-3H3. The number of nitrogens with zero attached hydrogens (tertiary/aromatic N) is 3. The minimum atomic E-state index is 0.651. The number of imidazole rings is 1. The van der Waals surface area contributed by atoms with Crippen LogP contribution >= 0.6 is 0 Å². The van der Waals surface area contributed by atoms with E-state index in [1.54, 1.807) is 0 Å². The van der Waals surface area contributed by atoms with Gasteiger partial charge in [-0.15, -0.1) is 0 Å². The molecule has 3 nitrogen and oxygen atoms in total. The molecule has 3 heteroatoms. The number of hydrogen-bond acceptors (Lipinski definition) is 2. The second kappa shape index (κ2) is 5.28. The third-order valence-corrected chi connectivity index (χ3v) is 4.98. The van der Waals surface area contributed by atoms with E-state index in [0.717, 1.165) is 0 Å². The van der Waals surface area contributed by atoms with E-state index in [4.69, 9.17) is 4.98 Å². The summed E-state index contributed by atoms with van der Waals surface area (Å²) in [5, 5.41) is 0. The summed E-state index contributed by atoms with van der Waals surface area (Å²) < 4.78 is 2.42. The number of rotatable bonds is 2. The van der Waals surface area contributed by atoms with Crippen molar-refractivity contribution in [3.8, 4) is 0 Å². The number of aryl methyl sites for hydroxylation is 1. The van der Waals surface area contributed by atoms with Crippen LogP contribution in [0.15, 0.2) is 6.20 Å². The van der Waals surface area contributed by atoms with Crippen molar-refractivity contribution in [2.75, 3.05) is 13.1 Å². The molecule has 0 bridgehead atoms. The van der Waals surface area contributed by atoms with Crippen LogP contribution in [-0.2, 0) is 6.54 Å². The number of hydrogen-bond donors (Lipinski definition) is 0. The van der Waals surface area contributed by atoms with Crippen LogP contribution in [0.1, 0.15) is 69.8 Å². The van der Waals surface area contributed by atoms with E-state index in [1.807, 2.05) is 0 Å². The lowest BCUT2D eigenvalue weighted by atomic mass is 9.93. The van der Waals surface area contributed by atoms with Crippen molar-refractivity contribution < 1.29 is 0 Å². The van der Waals surface area contributed by atoms with Crippen LogP contribution in [0.4, 0.5) is 0 Å². The Morgan fingerprint density at radius 2 is 1.89 bits per heavy atom. The molecule has 1 saturated heterocycles. The zero-order valence-electron chi connectivity index (χ0n) is 12.6. The Labute approximate surface area is 117 Å². The van der Waals surface area contributed by atoms with E-state index in [9.17, 15) is 0 Å². The summed E-state index contributed by atoms with van der Waals surface area (Å²) in [4.78, 5) is 7.56. The summed E-state index contributed by atoms with van der Waals surface area (Å²) in [7, 11) is 0. The fourth-order valence-corrected chi connectivity index (χ4v) is 3.63. The molecule has 2 aliphatic heterocycles. The average molecular weight is 261 g/mol. The molecule has 0 aromatic carbocycles. The SMILES string of the molecule is CC1CCCn2cc(C3CCN(C(C)C)CC3)nc21. The first-order valence-electron chi connectivity index (χ1n) is 7.96. The lowest BCUT2D eigenvalue weighted by Gasteiger charge is -2.33. The van der Waals surface area contributed by atoms with Gasteiger partial charge in [-0.1, -0.05) is 6.92 Å². The maximum Gasteiger partial charge on any atom is 0.111 e. The molecule has 106 valence electrons. The Bertz CT molecular complexity index is 427. The number of likely N-dealkylation sites (tertiary alicyclic amines) is 1. The lowest BCUT2D eigenvalue weighted by Crippen LogP contribution is -2.37. The molecular weight excluding hydrogens is 234 g/mol. The van der Waals surface area contributed by atoms with Gasteiger partial charge in [0.25, 0.3) is 0 Å². The van der Waals surface area contributed by atoms with Crippen LogP contribution in [0, 0.1) is 0 Å². The Morgan fingerprint density at radius 1 is 1.16 bits per heavy atom. The van der Waals surface area contributed by atoms with Gasteiger partial charge in [0.15, 0.2) is 0 Å². The average Bonchev–Trinajstić information content (AvgIpc) is 2.84. The normalized spacial score (nSPS) is 25.8. The summed E-state index contributed by atoms with van der Waals surface area (Å²) in [5.41, 5.74) is 1.37. The van der Waals surface area contributed by atoms with Gasteiger partial charge in [0, 0.05) is 30.6 Å². The Kier molecular flexibility index (Phi) is 3.66.